The van der Waals surface area contributed by atoms with E-state index in [1.807, 2.05) is 0 Å². The Morgan fingerprint density at radius 3 is 2.88 bits per heavy atom. The van der Waals surface area contributed by atoms with E-state index in [0.29, 0.717) is 18.0 Å². The highest BCUT2D eigenvalue weighted by atomic mass is 19.1. The van der Waals surface area contributed by atoms with Crippen LogP contribution in [0.5, 0.6) is 0 Å². The van der Waals surface area contributed by atoms with Crippen molar-refractivity contribution in [3.8, 4) is 6.07 Å². The molecule has 2 atom stereocenters. The Labute approximate surface area is 101 Å². The minimum Gasteiger partial charge on any atom is -0.326 e. The molecule has 1 heterocycles. The molecular formula is C13H16FN3. The maximum absolute atomic E-state index is 13.2. The number of halogens is 1. The number of rotatable bonds is 2. The highest BCUT2D eigenvalue weighted by molar-refractivity contribution is 5.37. The molecule has 1 aliphatic heterocycles. The highest BCUT2D eigenvalue weighted by Crippen LogP contribution is 2.19. The summed E-state index contributed by atoms with van der Waals surface area (Å²) in [5.41, 5.74) is 7.23. The molecule has 2 rings (SSSR count). The van der Waals surface area contributed by atoms with Gasteiger partial charge in [0.05, 0.1) is 11.6 Å². The van der Waals surface area contributed by atoms with Crippen LogP contribution in [0.1, 0.15) is 18.1 Å². The average Bonchev–Trinajstić information content (AvgIpc) is 2.58. The Balaban J connectivity index is 2.14. The van der Waals surface area contributed by atoms with Crippen LogP contribution in [-0.4, -0.2) is 24.0 Å². The van der Waals surface area contributed by atoms with Crippen molar-refractivity contribution in [2.45, 2.75) is 19.5 Å². The molecule has 3 nitrogen and oxygen atoms in total. The predicted molar refractivity (Wildman–Crippen MR) is 63.5 cm³/mol. The molecule has 0 spiro atoms. The first-order valence-corrected chi connectivity index (χ1v) is 5.76. The van der Waals surface area contributed by atoms with Crippen molar-refractivity contribution < 1.29 is 4.39 Å². The van der Waals surface area contributed by atoms with Gasteiger partial charge in [-0.05, 0) is 29.7 Å². The topological polar surface area (TPSA) is 53.0 Å². The third-order valence-electron chi connectivity index (χ3n) is 3.33. The van der Waals surface area contributed by atoms with Crippen LogP contribution >= 0.6 is 0 Å². The van der Waals surface area contributed by atoms with Crippen molar-refractivity contribution in [2.75, 3.05) is 13.1 Å². The highest BCUT2D eigenvalue weighted by Gasteiger charge is 2.26. The van der Waals surface area contributed by atoms with Crippen LogP contribution < -0.4 is 5.73 Å². The van der Waals surface area contributed by atoms with E-state index in [2.05, 4.69) is 17.9 Å². The zero-order valence-electron chi connectivity index (χ0n) is 9.86. The standard InChI is InChI=1S/C13H16FN3/c1-9-6-17(8-13(9)16)7-11-4-12(14)3-2-10(11)5-15/h2-4,9,13H,6-8,16H2,1H3. The van der Waals surface area contributed by atoms with Crippen molar-refractivity contribution in [1.82, 2.24) is 4.90 Å². The van der Waals surface area contributed by atoms with Crippen LogP contribution in [0.15, 0.2) is 18.2 Å². The van der Waals surface area contributed by atoms with Crippen molar-refractivity contribution in [3.63, 3.8) is 0 Å². The van der Waals surface area contributed by atoms with Crippen LogP contribution in [0.4, 0.5) is 4.39 Å². The Hall–Kier alpha value is -1.44. The Morgan fingerprint density at radius 1 is 1.53 bits per heavy atom. The summed E-state index contributed by atoms with van der Waals surface area (Å²) in [7, 11) is 0. The molecule has 0 saturated carbocycles. The number of nitriles is 1. The Morgan fingerprint density at radius 2 is 2.29 bits per heavy atom. The predicted octanol–water partition coefficient (Wildman–Crippen LogP) is 1.48. The normalized spacial score (nSPS) is 24.8. The zero-order valence-corrected chi connectivity index (χ0v) is 9.86. The average molecular weight is 233 g/mol. The van der Waals surface area contributed by atoms with E-state index < -0.39 is 0 Å². The van der Waals surface area contributed by atoms with E-state index in [4.69, 9.17) is 11.0 Å². The number of nitrogens with two attached hydrogens (primary N) is 1. The Bertz CT molecular complexity index is 442. The van der Waals surface area contributed by atoms with Crippen LogP contribution in [0.2, 0.25) is 0 Å². The summed E-state index contributed by atoms with van der Waals surface area (Å²) in [6, 6.07) is 6.56. The smallest absolute Gasteiger partial charge is 0.123 e. The van der Waals surface area contributed by atoms with Gasteiger partial charge in [-0.1, -0.05) is 6.92 Å². The SMILES string of the molecule is CC1CN(Cc2cc(F)ccc2C#N)CC1N. The summed E-state index contributed by atoms with van der Waals surface area (Å²) in [6.07, 6.45) is 0. The second kappa shape index (κ2) is 4.82. The Kier molecular flexibility index (Phi) is 3.41. The maximum atomic E-state index is 13.2. The number of hydrogen-bond donors (Lipinski definition) is 1. The molecule has 1 aliphatic rings. The summed E-state index contributed by atoms with van der Waals surface area (Å²) in [5, 5.41) is 8.97. The maximum Gasteiger partial charge on any atom is 0.123 e. The van der Waals surface area contributed by atoms with Crippen LogP contribution in [0.3, 0.4) is 0 Å². The van der Waals surface area contributed by atoms with Gasteiger partial charge in [0, 0.05) is 25.7 Å². The molecule has 90 valence electrons. The lowest BCUT2D eigenvalue weighted by molar-refractivity contribution is 0.318. The first-order valence-electron chi connectivity index (χ1n) is 5.76. The fourth-order valence-electron chi connectivity index (χ4n) is 2.27. The third-order valence-corrected chi connectivity index (χ3v) is 3.33. The molecule has 1 saturated heterocycles. The first-order chi connectivity index (χ1) is 8.10. The summed E-state index contributed by atoms with van der Waals surface area (Å²) in [5.74, 6) is 0.157. The van der Waals surface area contributed by atoms with Crippen molar-refractivity contribution in [1.29, 1.82) is 5.26 Å². The fourth-order valence-corrected chi connectivity index (χ4v) is 2.27. The second-order valence-electron chi connectivity index (χ2n) is 4.75. The van der Waals surface area contributed by atoms with E-state index in [1.165, 1.54) is 18.2 Å². The summed E-state index contributed by atoms with van der Waals surface area (Å²) < 4.78 is 13.2. The minimum atomic E-state index is -0.296. The van der Waals surface area contributed by atoms with Crippen LogP contribution in [0.25, 0.3) is 0 Å². The molecule has 4 heteroatoms. The lowest BCUT2D eigenvalue weighted by Crippen LogP contribution is -2.28. The molecule has 1 aromatic rings. The first kappa shape index (κ1) is 12.0. The van der Waals surface area contributed by atoms with E-state index in [-0.39, 0.29) is 11.9 Å². The van der Waals surface area contributed by atoms with Gasteiger partial charge >= 0.3 is 0 Å². The van der Waals surface area contributed by atoms with Gasteiger partial charge in [-0.3, -0.25) is 4.90 Å². The quantitative estimate of drug-likeness (QED) is 0.841. The van der Waals surface area contributed by atoms with Gasteiger partial charge in [0.15, 0.2) is 0 Å². The molecule has 0 bridgehead atoms. The minimum absolute atomic E-state index is 0.175. The van der Waals surface area contributed by atoms with E-state index in [0.717, 1.165) is 18.7 Å². The van der Waals surface area contributed by atoms with Crippen molar-refractivity contribution in [3.05, 3.63) is 35.1 Å². The van der Waals surface area contributed by atoms with Crippen LogP contribution in [0, 0.1) is 23.1 Å². The van der Waals surface area contributed by atoms with Gasteiger partial charge in [0.1, 0.15) is 5.82 Å². The summed E-state index contributed by atoms with van der Waals surface area (Å²) in [6.45, 7) is 4.42. The lowest BCUT2D eigenvalue weighted by Gasteiger charge is -2.16. The molecule has 17 heavy (non-hydrogen) atoms. The van der Waals surface area contributed by atoms with E-state index in [9.17, 15) is 4.39 Å². The van der Waals surface area contributed by atoms with Crippen LogP contribution in [-0.2, 0) is 6.54 Å². The number of hydrogen-bond acceptors (Lipinski definition) is 3. The third kappa shape index (κ3) is 2.63. The molecular weight excluding hydrogens is 217 g/mol. The van der Waals surface area contributed by atoms with E-state index in [1.54, 1.807) is 0 Å². The van der Waals surface area contributed by atoms with Gasteiger partial charge < -0.3 is 5.73 Å². The molecule has 1 fully saturated rings. The molecule has 1 aromatic carbocycles. The lowest BCUT2D eigenvalue weighted by atomic mass is 10.1. The number of benzene rings is 1. The zero-order chi connectivity index (χ0) is 12.4. The second-order valence-corrected chi connectivity index (χ2v) is 4.75. The van der Waals surface area contributed by atoms with Gasteiger partial charge in [0.2, 0.25) is 0 Å². The molecule has 2 unspecified atom stereocenters. The molecule has 2 N–H and O–H groups in total. The molecule has 0 amide bonds. The number of nitrogens with zero attached hydrogens (tertiary/aromatic N) is 2. The summed E-state index contributed by atoms with van der Waals surface area (Å²) in [4.78, 5) is 2.17. The van der Waals surface area contributed by atoms with Crippen molar-refractivity contribution >= 4 is 0 Å². The monoisotopic (exact) mass is 233 g/mol. The molecule has 0 aromatic heterocycles. The fraction of sp³-hybridized carbons (Fsp3) is 0.462. The number of likely N-dealkylation sites (tertiary alicyclic amines) is 1. The largest absolute Gasteiger partial charge is 0.326 e. The van der Waals surface area contributed by atoms with Crippen molar-refractivity contribution in [2.24, 2.45) is 11.7 Å². The summed E-state index contributed by atoms with van der Waals surface area (Å²) >= 11 is 0. The van der Waals surface area contributed by atoms with Gasteiger partial charge in [-0.2, -0.15) is 5.26 Å². The van der Waals surface area contributed by atoms with E-state index >= 15 is 0 Å². The van der Waals surface area contributed by atoms with Gasteiger partial charge in [-0.15, -0.1) is 0 Å². The molecule has 0 radical (unpaired) electrons. The van der Waals surface area contributed by atoms with Gasteiger partial charge in [0.25, 0.3) is 0 Å². The molecule has 0 aliphatic carbocycles. The van der Waals surface area contributed by atoms with Gasteiger partial charge in [-0.25, -0.2) is 4.39 Å².